The van der Waals surface area contributed by atoms with Crippen LogP contribution >= 0.6 is 0 Å². The first-order valence-electron chi connectivity index (χ1n) is 5.91. The molecule has 0 amide bonds. The minimum Gasteiger partial charge on any atom is -0.477 e. The summed E-state index contributed by atoms with van der Waals surface area (Å²) in [7, 11) is 1.61. The first kappa shape index (κ1) is 14.4. The van der Waals surface area contributed by atoms with Gasteiger partial charge in [-0.1, -0.05) is 6.07 Å². The average Bonchev–Trinajstić information content (AvgIpc) is 2.45. The molecule has 0 saturated carbocycles. The molecular formula is C14H11FN2O4. The molecular weight excluding hydrogens is 279 g/mol. The van der Waals surface area contributed by atoms with Crippen molar-refractivity contribution in [2.24, 2.45) is 0 Å². The number of carboxylic acids is 1. The molecule has 0 aromatic heterocycles. The standard InChI is InChI=1S/C14H11FN2O4/c1-16(10-4-2-3-9(15)7-10)11-5-6-12(14(18)19)13(8-11)17(20)21/h2-8H,1H3,(H,18,19). The largest absolute Gasteiger partial charge is 0.477 e. The third-order valence-corrected chi connectivity index (χ3v) is 2.99. The molecule has 2 aromatic rings. The van der Waals surface area contributed by atoms with Gasteiger partial charge in [-0.15, -0.1) is 0 Å². The molecule has 0 fully saturated rings. The molecule has 21 heavy (non-hydrogen) atoms. The van der Waals surface area contributed by atoms with Gasteiger partial charge in [0.15, 0.2) is 0 Å². The van der Waals surface area contributed by atoms with E-state index in [9.17, 15) is 19.3 Å². The highest BCUT2D eigenvalue weighted by atomic mass is 19.1. The first-order chi connectivity index (χ1) is 9.90. The summed E-state index contributed by atoms with van der Waals surface area (Å²) in [6.45, 7) is 0. The van der Waals surface area contributed by atoms with E-state index in [-0.39, 0.29) is 0 Å². The maximum atomic E-state index is 13.2. The van der Waals surface area contributed by atoms with Gasteiger partial charge < -0.3 is 10.0 Å². The van der Waals surface area contributed by atoms with Gasteiger partial charge in [0.1, 0.15) is 11.4 Å². The zero-order valence-electron chi connectivity index (χ0n) is 11.0. The summed E-state index contributed by atoms with van der Waals surface area (Å²) in [5, 5.41) is 19.9. The van der Waals surface area contributed by atoms with Gasteiger partial charge in [0.05, 0.1) is 4.92 Å². The highest BCUT2D eigenvalue weighted by Crippen LogP contribution is 2.29. The normalized spacial score (nSPS) is 10.2. The number of carboxylic acid groups (broad SMARTS) is 1. The molecule has 0 saturated heterocycles. The van der Waals surface area contributed by atoms with Crippen LogP contribution in [-0.2, 0) is 0 Å². The molecule has 6 nitrogen and oxygen atoms in total. The Morgan fingerprint density at radius 2 is 1.90 bits per heavy atom. The molecule has 0 unspecified atom stereocenters. The van der Waals surface area contributed by atoms with E-state index in [1.807, 2.05) is 0 Å². The van der Waals surface area contributed by atoms with Gasteiger partial charge in [-0.2, -0.15) is 0 Å². The van der Waals surface area contributed by atoms with Crippen molar-refractivity contribution in [1.29, 1.82) is 0 Å². The second-order valence-corrected chi connectivity index (χ2v) is 4.30. The number of carbonyl (C=O) groups is 1. The summed E-state index contributed by atoms with van der Waals surface area (Å²) in [4.78, 5) is 22.7. The summed E-state index contributed by atoms with van der Waals surface area (Å²) < 4.78 is 13.2. The smallest absolute Gasteiger partial charge is 0.342 e. The third-order valence-electron chi connectivity index (χ3n) is 2.99. The fourth-order valence-electron chi connectivity index (χ4n) is 1.89. The van der Waals surface area contributed by atoms with Crippen LogP contribution in [0.5, 0.6) is 0 Å². The van der Waals surface area contributed by atoms with E-state index < -0.39 is 28.0 Å². The second-order valence-electron chi connectivity index (χ2n) is 4.30. The number of hydrogen-bond acceptors (Lipinski definition) is 4. The number of nitrogens with zero attached hydrogens (tertiary/aromatic N) is 2. The molecule has 0 atom stereocenters. The molecule has 0 aliphatic carbocycles. The fraction of sp³-hybridized carbons (Fsp3) is 0.0714. The van der Waals surface area contributed by atoms with Crippen molar-refractivity contribution < 1.29 is 19.2 Å². The Morgan fingerprint density at radius 1 is 1.24 bits per heavy atom. The summed E-state index contributed by atoms with van der Waals surface area (Å²) >= 11 is 0. The summed E-state index contributed by atoms with van der Waals surface area (Å²) in [5.74, 6) is -1.81. The van der Waals surface area contributed by atoms with Gasteiger partial charge in [-0.05, 0) is 30.3 Å². The summed E-state index contributed by atoms with van der Waals surface area (Å²) in [5.41, 5.74) is -0.0238. The molecule has 7 heteroatoms. The first-order valence-corrected chi connectivity index (χ1v) is 5.91. The van der Waals surface area contributed by atoms with Crippen LogP contribution in [0.2, 0.25) is 0 Å². The Hall–Kier alpha value is -2.96. The lowest BCUT2D eigenvalue weighted by atomic mass is 10.1. The van der Waals surface area contributed by atoms with E-state index in [0.717, 1.165) is 12.1 Å². The average molecular weight is 290 g/mol. The lowest BCUT2D eigenvalue weighted by Crippen LogP contribution is -2.11. The molecule has 0 aliphatic rings. The van der Waals surface area contributed by atoms with Crippen LogP contribution in [0.15, 0.2) is 42.5 Å². The third kappa shape index (κ3) is 2.97. The van der Waals surface area contributed by atoms with Crippen molar-refractivity contribution in [3.63, 3.8) is 0 Å². The highest BCUT2D eigenvalue weighted by Gasteiger charge is 2.21. The van der Waals surface area contributed by atoms with Crippen LogP contribution in [-0.4, -0.2) is 23.0 Å². The van der Waals surface area contributed by atoms with Crippen molar-refractivity contribution in [2.75, 3.05) is 11.9 Å². The summed E-state index contributed by atoms with van der Waals surface area (Å²) in [6, 6.07) is 9.45. The molecule has 0 spiro atoms. The van der Waals surface area contributed by atoms with Gasteiger partial charge in [0.25, 0.3) is 5.69 Å². The minimum atomic E-state index is -1.37. The molecule has 2 aromatic carbocycles. The number of hydrogen-bond donors (Lipinski definition) is 1. The Balaban J connectivity index is 2.47. The van der Waals surface area contributed by atoms with Crippen LogP contribution < -0.4 is 4.90 Å². The topological polar surface area (TPSA) is 83.7 Å². The Kier molecular flexibility index (Phi) is 3.84. The molecule has 2 rings (SSSR count). The predicted octanol–water partition coefficient (Wildman–Crippen LogP) is 3.20. The number of rotatable bonds is 4. The fourth-order valence-corrected chi connectivity index (χ4v) is 1.89. The molecule has 0 radical (unpaired) electrons. The zero-order chi connectivity index (χ0) is 15.6. The van der Waals surface area contributed by atoms with Gasteiger partial charge in [-0.25, -0.2) is 9.18 Å². The SMILES string of the molecule is CN(c1cccc(F)c1)c1ccc(C(=O)O)c([N+](=O)[O-])c1. The number of nitro benzene ring substituents is 1. The highest BCUT2D eigenvalue weighted by molar-refractivity contribution is 5.93. The van der Waals surface area contributed by atoms with Crippen LogP contribution in [0.3, 0.4) is 0 Å². The molecule has 108 valence electrons. The lowest BCUT2D eigenvalue weighted by molar-refractivity contribution is -0.385. The molecule has 0 bridgehead atoms. The molecule has 1 N–H and O–H groups in total. The number of halogens is 1. The Bertz CT molecular complexity index is 718. The monoisotopic (exact) mass is 290 g/mol. The van der Waals surface area contributed by atoms with E-state index in [1.54, 1.807) is 13.1 Å². The second kappa shape index (κ2) is 5.58. The summed E-state index contributed by atoms with van der Waals surface area (Å²) in [6.07, 6.45) is 0. The number of anilines is 2. The van der Waals surface area contributed by atoms with Crippen molar-refractivity contribution in [3.8, 4) is 0 Å². The van der Waals surface area contributed by atoms with E-state index in [0.29, 0.717) is 11.4 Å². The van der Waals surface area contributed by atoms with Crippen molar-refractivity contribution in [3.05, 3.63) is 64.0 Å². The Labute approximate surface area is 119 Å². The van der Waals surface area contributed by atoms with Crippen LogP contribution in [0.1, 0.15) is 10.4 Å². The van der Waals surface area contributed by atoms with E-state index in [1.165, 1.54) is 29.2 Å². The van der Waals surface area contributed by atoms with Gasteiger partial charge in [0, 0.05) is 24.5 Å². The zero-order valence-corrected chi connectivity index (χ0v) is 11.0. The van der Waals surface area contributed by atoms with Crippen LogP contribution in [0.25, 0.3) is 0 Å². The quantitative estimate of drug-likeness (QED) is 0.690. The predicted molar refractivity (Wildman–Crippen MR) is 74.5 cm³/mol. The Morgan fingerprint density at radius 3 is 2.48 bits per heavy atom. The van der Waals surface area contributed by atoms with Crippen molar-refractivity contribution in [1.82, 2.24) is 0 Å². The van der Waals surface area contributed by atoms with Crippen LogP contribution in [0, 0.1) is 15.9 Å². The van der Waals surface area contributed by atoms with Gasteiger partial charge in [0.2, 0.25) is 0 Å². The number of nitro groups is 1. The maximum absolute atomic E-state index is 13.2. The van der Waals surface area contributed by atoms with Gasteiger partial charge in [-0.3, -0.25) is 10.1 Å². The number of benzene rings is 2. The maximum Gasteiger partial charge on any atom is 0.342 e. The van der Waals surface area contributed by atoms with Gasteiger partial charge >= 0.3 is 5.97 Å². The van der Waals surface area contributed by atoms with Crippen molar-refractivity contribution in [2.45, 2.75) is 0 Å². The minimum absolute atomic E-state index is 0.386. The van der Waals surface area contributed by atoms with Crippen molar-refractivity contribution >= 4 is 23.0 Å². The van der Waals surface area contributed by atoms with E-state index in [4.69, 9.17) is 5.11 Å². The molecule has 0 aliphatic heterocycles. The number of aromatic carboxylic acids is 1. The molecule has 0 heterocycles. The van der Waals surface area contributed by atoms with Crippen LogP contribution in [0.4, 0.5) is 21.5 Å². The lowest BCUT2D eigenvalue weighted by Gasteiger charge is -2.19. The van der Waals surface area contributed by atoms with E-state index >= 15 is 0 Å². The van der Waals surface area contributed by atoms with E-state index in [2.05, 4.69) is 0 Å².